The van der Waals surface area contributed by atoms with E-state index in [1.54, 1.807) is 0 Å². The molecule has 0 radical (unpaired) electrons. The van der Waals surface area contributed by atoms with E-state index >= 15 is 0 Å². The van der Waals surface area contributed by atoms with Crippen LogP contribution >= 0.6 is 0 Å². The molecule has 0 bridgehead atoms. The van der Waals surface area contributed by atoms with Crippen molar-refractivity contribution >= 4 is 22.4 Å². The summed E-state index contributed by atoms with van der Waals surface area (Å²) in [5.41, 5.74) is 0.864. The zero-order chi connectivity index (χ0) is 20.8. The average Bonchev–Trinajstić information content (AvgIpc) is 3.19. The highest BCUT2D eigenvalue weighted by Gasteiger charge is 2.17. The Bertz CT molecular complexity index is 982. The highest BCUT2D eigenvalue weighted by Crippen LogP contribution is 2.27. The second-order valence-electron chi connectivity index (χ2n) is 8.39. The number of nitrogens with zero attached hydrogens (tertiary/aromatic N) is 3. The zero-order valence-electron chi connectivity index (χ0n) is 17.9. The number of hydrogen-bond donors (Lipinski definition) is 1. The molecule has 1 fully saturated rings. The van der Waals surface area contributed by atoms with Gasteiger partial charge >= 0.3 is 0 Å². The van der Waals surface area contributed by atoms with Crippen molar-refractivity contribution in [2.75, 3.05) is 5.32 Å². The number of rotatable bonds is 8. The number of benzene rings is 2. The normalized spacial score (nSPS) is 14.8. The third-order valence-corrected chi connectivity index (χ3v) is 6.36. The van der Waals surface area contributed by atoms with Gasteiger partial charge in [-0.2, -0.15) is 0 Å². The van der Waals surface area contributed by atoms with Gasteiger partial charge in [0, 0.05) is 36.9 Å². The molecule has 1 aliphatic carbocycles. The molecule has 5 nitrogen and oxygen atoms in total. The van der Waals surface area contributed by atoms with Gasteiger partial charge in [-0.15, -0.1) is 10.2 Å². The largest absolute Gasteiger partial charge is 0.326 e. The molecule has 30 heavy (non-hydrogen) atoms. The van der Waals surface area contributed by atoms with Crippen molar-refractivity contribution in [3.05, 3.63) is 54.1 Å². The van der Waals surface area contributed by atoms with Crippen LogP contribution in [0.2, 0.25) is 0 Å². The molecule has 1 saturated carbocycles. The molecule has 4 rings (SSSR count). The first-order chi connectivity index (χ1) is 14.7. The maximum Gasteiger partial charge on any atom is 0.224 e. The number of nitrogens with one attached hydrogen (secondary N) is 1. The van der Waals surface area contributed by atoms with Crippen LogP contribution in [0.1, 0.15) is 63.5 Å². The van der Waals surface area contributed by atoms with Crippen LogP contribution in [0.3, 0.4) is 0 Å². The minimum atomic E-state index is 0.0146. The molecular formula is C25H32N4O. The predicted octanol–water partition coefficient (Wildman–Crippen LogP) is 5.54. The Morgan fingerprint density at radius 3 is 2.53 bits per heavy atom. The summed E-state index contributed by atoms with van der Waals surface area (Å²) in [6.07, 6.45) is 10.1. The van der Waals surface area contributed by atoms with Gasteiger partial charge in [0.05, 0.1) is 0 Å². The van der Waals surface area contributed by atoms with E-state index in [1.165, 1.54) is 38.5 Å². The Morgan fingerprint density at radius 2 is 1.73 bits per heavy atom. The molecule has 1 heterocycles. The lowest BCUT2D eigenvalue weighted by Crippen LogP contribution is -2.15. The Morgan fingerprint density at radius 1 is 1.00 bits per heavy atom. The van der Waals surface area contributed by atoms with Crippen LogP contribution in [0.4, 0.5) is 5.69 Å². The fourth-order valence-electron chi connectivity index (χ4n) is 4.69. The van der Waals surface area contributed by atoms with E-state index < -0.39 is 0 Å². The van der Waals surface area contributed by atoms with E-state index in [9.17, 15) is 4.79 Å². The van der Waals surface area contributed by atoms with E-state index in [0.717, 1.165) is 47.0 Å². The first kappa shape index (κ1) is 20.6. The van der Waals surface area contributed by atoms with Gasteiger partial charge in [0.15, 0.2) is 0 Å². The first-order valence-corrected chi connectivity index (χ1v) is 11.4. The minimum Gasteiger partial charge on any atom is -0.326 e. The summed E-state index contributed by atoms with van der Waals surface area (Å²) in [6.45, 7) is 2.99. The van der Waals surface area contributed by atoms with Gasteiger partial charge in [0.25, 0.3) is 0 Å². The maximum atomic E-state index is 12.6. The maximum absolute atomic E-state index is 12.6. The molecule has 5 heteroatoms. The molecule has 158 valence electrons. The number of aromatic nitrogens is 3. The number of fused-ring (bicyclic) bond motifs is 1. The van der Waals surface area contributed by atoms with Crippen LogP contribution in [0.5, 0.6) is 0 Å². The zero-order valence-corrected chi connectivity index (χ0v) is 17.9. The summed E-state index contributed by atoms with van der Waals surface area (Å²) < 4.78 is 2.20. The van der Waals surface area contributed by atoms with E-state index in [0.29, 0.717) is 12.8 Å². The van der Waals surface area contributed by atoms with Crippen LogP contribution < -0.4 is 5.32 Å². The molecule has 3 aromatic rings. The van der Waals surface area contributed by atoms with E-state index in [4.69, 9.17) is 0 Å². The van der Waals surface area contributed by atoms with Gasteiger partial charge in [-0.1, -0.05) is 68.5 Å². The topological polar surface area (TPSA) is 59.8 Å². The van der Waals surface area contributed by atoms with Crippen LogP contribution in [-0.2, 0) is 24.2 Å². The molecule has 1 N–H and O–H groups in total. The first-order valence-electron chi connectivity index (χ1n) is 11.4. The predicted molar refractivity (Wildman–Crippen MR) is 121 cm³/mol. The summed E-state index contributed by atoms with van der Waals surface area (Å²) in [5, 5.41) is 14.1. The quantitative estimate of drug-likeness (QED) is 0.536. The summed E-state index contributed by atoms with van der Waals surface area (Å²) in [7, 11) is 0. The van der Waals surface area contributed by atoms with Crippen molar-refractivity contribution in [1.82, 2.24) is 14.8 Å². The number of amides is 1. The van der Waals surface area contributed by atoms with E-state index in [-0.39, 0.29) is 5.91 Å². The summed E-state index contributed by atoms with van der Waals surface area (Å²) in [5.74, 6) is 2.85. The van der Waals surface area contributed by atoms with E-state index in [1.807, 2.05) is 30.3 Å². The standard InChI is InChI=1S/C25H32N4O/c1-2-29-23(16-15-19-9-4-3-5-10-19)27-28-24(29)17-18-25(30)26-22-14-8-12-20-11-6-7-13-21(20)22/h6-8,11-14,19H,2-5,9-10,15-18H2,1H3,(H,26,30). The van der Waals surface area contributed by atoms with Crippen molar-refractivity contribution in [3.8, 4) is 0 Å². The second kappa shape index (κ2) is 9.88. The van der Waals surface area contributed by atoms with E-state index in [2.05, 4.69) is 39.1 Å². The summed E-state index contributed by atoms with van der Waals surface area (Å²) in [4.78, 5) is 12.6. The molecule has 0 spiro atoms. The molecule has 0 saturated heterocycles. The lowest BCUT2D eigenvalue weighted by molar-refractivity contribution is -0.116. The van der Waals surface area contributed by atoms with Crippen LogP contribution in [-0.4, -0.2) is 20.7 Å². The van der Waals surface area contributed by atoms with Gasteiger partial charge in [-0.3, -0.25) is 4.79 Å². The van der Waals surface area contributed by atoms with Gasteiger partial charge < -0.3 is 9.88 Å². The highest BCUT2D eigenvalue weighted by molar-refractivity contribution is 6.02. The number of hydrogen-bond acceptors (Lipinski definition) is 3. The monoisotopic (exact) mass is 404 g/mol. The smallest absolute Gasteiger partial charge is 0.224 e. The van der Waals surface area contributed by atoms with Crippen molar-refractivity contribution in [1.29, 1.82) is 0 Å². The minimum absolute atomic E-state index is 0.0146. The summed E-state index contributed by atoms with van der Waals surface area (Å²) >= 11 is 0. The molecule has 1 amide bonds. The van der Waals surface area contributed by atoms with Crippen molar-refractivity contribution < 1.29 is 4.79 Å². The third-order valence-electron chi connectivity index (χ3n) is 6.36. The van der Waals surface area contributed by atoms with Gasteiger partial charge in [-0.05, 0) is 30.7 Å². The van der Waals surface area contributed by atoms with Gasteiger partial charge in [0.1, 0.15) is 11.6 Å². The fourth-order valence-corrected chi connectivity index (χ4v) is 4.69. The Balaban J connectivity index is 1.35. The molecule has 0 unspecified atom stereocenters. The molecular weight excluding hydrogens is 372 g/mol. The van der Waals surface area contributed by atoms with Gasteiger partial charge in [0.2, 0.25) is 5.91 Å². The van der Waals surface area contributed by atoms with Crippen LogP contribution in [0.15, 0.2) is 42.5 Å². The van der Waals surface area contributed by atoms with Gasteiger partial charge in [-0.25, -0.2) is 0 Å². The molecule has 1 aliphatic rings. The highest BCUT2D eigenvalue weighted by atomic mass is 16.1. The molecule has 2 aromatic carbocycles. The SMILES string of the molecule is CCn1c(CCC(=O)Nc2cccc3ccccc23)nnc1CCC1CCCCC1. The number of carbonyl (C=O) groups excluding carboxylic acids is 1. The number of anilines is 1. The molecule has 0 atom stereocenters. The lowest BCUT2D eigenvalue weighted by atomic mass is 9.86. The summed E-state index contributed by atoms with van der Waals surface area (Å²) in [6, 6.07) is 14.1. The van der Waals surface area contributed by atoms with Crippen molar-refractivity contribution in [2.24, 2.45) is 5.92 Å². The third kappa shape index (κ3) is 4.89. The number of aryl methyl sites for hydroxylation is 2. The molecule has 0 aliphatic heterocycles. The fraction of sp³-hybridized carbons (Fsp3) is 0.480. The second-order valence-corrected chi connectivity index (χ2v) is 8.39. The van der Waals surface area contributed by atoms with Crippen LogP contribution in [0.25, 0.3) is 10.8 Å². The van der Waals surface area contributed by atoms with Crippen molar-refractivity contribution in [3.63, 3.8) is 0 Å². The molecule has 1 aromatic heterocycles. The lowest BCUT2D eigenvalue weighted by Gasteiger charge is -2.21. The average molecular weight is 405 g/mol. The Kier molecular flexibility index (Phi) is 6.77. The van der Waals surface area contributed by atoms with Crippen molar-refractivity contribution in [2.45, 2.75) is 71.3 Å². The Hall–Kier alpha value is -2.69. The Labute approximate surface area is 178 Å². The number of carbonyl (C=O) groups is 1. The van der Waals surface area contributed by atoms with Crippen LogP contribution in [0, 0.1) is 5.92 Å².